The fraction of sp³-hybridized carbons (Fsp3) is 0.417. The number of carbonyl (C=O) groups excluding carboxylic acids is 2. The molecule has 1 aliphatic rings. The first-order valence-electron chi connectivity index (χ1n) is 10.6. The molecule has 0 aliphatic heterocycles. The van der Waals surface area contributed by atoms with E-state index in [4.69, 9.17) is 16.3 Å². The molecule has 2 aromatic rings. The van der Waals surface area contributed by atoms with Gasteiger partial charge in [-0.2, -0.15) is 0 Å². The second kappa shape index (κ2) is 11.7. The lowest BCUT2D eigenvalue weighted by Gasteiger charge is -2.31. The molecule has 0 saturated heterocycles. The summed E-state index contributed by atoms with van der Waals surface area (Å²) in [5.41, 5.74) is 0.868. The van der Waals surface area contributed by atoms with Crippen molar-refractivity contribution in [3.8, 4) is 5.75 Å². The fourth-order valence-electron chi connectivity index (χ4n) is 3.74. The number of hydrogen-bond donors (Lipinski definition) is 1. The Morgan fingerprint density at radius 2 is 1.87 bits per heavy atom. The molecule has 5 nitrogen and oxygen atoms in total. The van der Waals surface area contributed by atoms with Gasteiger partial charge in [-0.3, -0.25) is 9.59 Å². The number of halogens is 2. The maximum absolute atomic E-state index is 13.1. The van der Waals surface area contributed by atoms with Gasteiger partial charge in [-0.05, 0) is 84.3 Å². The number of hydrogen-bond acceptors (Lipinski definition) is 3. The average Bonchev–Trinajstić information content (AvgIpc) is 2.77. The lowest BCUT2D eigenvalue weighted by atomic mass is 9.95. The van der Waals surface area contributed by atoms with Crippen LogP contribution < -0.4 is 10.1 Å². The Morgan fingerprint density at radius 1 is 1.16 bits per heavy atom. The minimum atomic E-state index is -0.617. The smallest absolute Gasteiger partial charge is 0.261 e. The van der Waals surface area contributed by atoms with Crippen molar-refractivity contribution in [2.45, 2.75) is 57.7 Å². The van der Waals surface area contributed by atoms with Crippen molar-refractivity contribution < 1.29 is 14.3 Å². The monoisotopic (exact) mass is 554 g/mol. The van der Waals surface area contributed by atoms with E-state index in [9.17, 15) is 9.59 Å². The van der Waals surface area contributed by atoms with Crippen molar-refractivity contribution >= 4 is 46.0 Å². The third kappa shape index (κ3) is 7.38. The van der Waals surface area contributed by atoms with Crippen LogP contribution in [-0.4, -0.2) is 35.4 Å². The Morgan fingerprint density at radius 3 is 2.55 bits per heavy atom. The SMILES string of the molecule is C[C@H](C(=O)NC1CCCCC1)N(Cc1cccc(Cl)c1)C(=O)COc1ccc(I)cc1. The second-order valence-electron chi connectivity index (χ2n) is 7.91. The zero-order valence-electron chi connectivity index (χ0n) is 17.7. The van der Waals surface area contributed by atoms with Crippen LogP contribution in [0, 0.1) is 3.57 Å². The highest BCUT2D eigenvalue weighted by molar-refractivity contribution is 14.1. The fourth-order valence-corrected chi connectivity index (χ4v) is 4.31. The van der Waals surface area contributed by atoms with E-state index in [0.717, 1.165) is 34.8 Å². The van der Waals surface area contributed by atoms with Gasteiger partial charge in [0.05, 0.1) is 0 Å². The quantitative estimate of drug-likeness (QED) is 0.457. The predicted octanol–water partition coefficient (Wildman–Crippen LogP) is 5.19. The van der Waals surface area contributed by atoms with Crippen LogP contribution >= 0.6 is 34.2 Å². The summed E-state index contributed by atoms with van der Waals surface area (Å²) in [6.45, 7) is 1.92. The molecule has 2 amide bonds. The van der Waals surface area contributed by atoms with Gasteiger partial charge in [0.2, 0.25) is 5.91 Å². The predicted molar refractivity (Wildman–Crippen MR) is 131 cm³/mol. The molecule has 0 bridgehead atoms. The Balaban J connectivity index is 1.70. The van der Waals surface area contributed by atoms with Gasteiger partial charge in [-0.1, -0.05) is 43.0 Å². The molecule has 0 aromatic heterocycles. The third-order valence-electron chi connectivity index (χ3n) is 5.54. The lowest BCUT2D eigenvalue weighted by Crippen LogP contribution is -2.51. The molecule has 0 radical (unpaired) electrons. The van der Waals surface area contributed by atoms with Crippen molar-refractivity contribution in [2.75, 3.05) is 6.61 Å². The molecule has 1 aliphatic carbocycles. The van der Waals surface area contributed by atoms with Gasteiger partial charge >= 0.3 is 0 Å². The number of nitrogens with one attached hydrogen (secondary N) is 1. The summed E-state index contributed by atoms with van der Waals surface area (Å²) < 4.78 is 6.78. The second-order valence-corrected chi connectivity index (χ2v) is 9.60. The summed E-state index contributed by atoms with van der Waals surface area (Å²) >= 11 is 8.34. The van der Waals surface area contributed by atoms with Gasteiger partial charge in [-0.15, -0.1) is 0 Å². The summed E-state index contributed by atoms with van der Waals surface area (Å²) in [7, 11) is 0. The van der Waals surface area contributed by atoms with E-state index >= 15 is 0 Å². The Hall–Kier alpha value is -1.80. The van der Waals surface area contributed by atoms with Gasteiger partial charge in [0.1, 0.15) is 11.8 Å². The molecule has 0 spiro atoms. The van der Waals surface area contributed by atoms with Gasteiger partial charge in [0.25, 0.3) is 5.91 Å². The van der Waals surface area contributed by atoms with Crippen LogP contribution in [0.2, 0.25) is 5.02 Å². The van der Waals surface area contributed by atoms with Crippen LogP contribution in [0.5, 0.6) is 5.75 Å². The molecule has 1 atom stereocenters. The van der Waals surface area contributed by atoms with Crippen LogP contribution in [0.4, 0.5) is 0 Å². The maximum Gasteiger partial charge on any atom is 0.261 e. The molecule has 2 aromatic carbocycles. The first-order chi connectivity index (χ1) is 14.9. The zero-order valence-corrected chi connectivity index (χ0v) is 20.6. The first-order valence-corrected chi connectivity index (χ1v) is 12.1. The molecule has 0 heterocycles. The van der Waals surface area contributed by atoms with Gasteiger partial charge in [0.15, 0.2) is 6.61 Å². The topological polar surface area (TPSA) is 58.6 Å². The highest BCUT2D eigenvalue weighted by atomic mass is 127. The maximum atomic E-state index is 13.1. The van der Waals surface area contributed by atoms with Crippen molar-refractivity contribution in [1.29, 1.82) is 0 Å². The molecular weight excluding hydrogens is 527 g/mol. The summed E-state index contributed by atoms with van der Waals surface area (Å²) in [6.07, 6.45) is 5.48. The van der Waals surface area contributed by atoms with E-state index in [1.54, 1.807) is 17.9 Å². The molecule has 0 unspecified atom stereocenters. The standard InChI is InChI=1S/C24H28ClIN2O3/c1-17(24(30)27-21-8-3-2-4-9-21)28(15-18-6-5-7-19(25)14-18)23(29)16-31-22-12-10-20(26)11-13-22/h5-7,10-14,17,21H,2-4,8-9,15-16H2,1H3,(H,27,30)/t17-/m1/s1. The van der Waals surface area contributed by atoms with Gasteiger partial charge < -0.3 is 15.0 Å². The minimum Gasteiger partial charge on any atom is -0.484 e. The normalized spacial score (nSPS) is 15.2. The number of benzene rings is 2. The third-order valence-corrected chi connectivity index (χ3v) is 6.49. The molecule has 1 saturated carbocycles. The molecule has 166 valence electrons. The number of nitrogens with zero attached hydrogens (tertiary/aromatic N) is 1. The number of amides is 2. The summed E-state index contributed by atoms with van der Waals surface area (Å²) in [6, 6.07) is 14.4. The van der Waals surface area contributed by atoms with E-state index in [0.29, 0.717) is 10.8 Å². The zero-order chi connectivity index (χ0) is 22.2. The minimum absolute atomic E-state index is 0.128. The molecule has 31 heavy (non-hydrogen) atoms. The van der Waals surface area contributed by atoms with Crippen LogP contribution in [0.15, 0.2) is 48.5 Å². The number of ether oxygens (including phenoxy) is 1. The van der Waals surface area contributed by atoms with Crippen LogP contribution in [0.3, 0.4) is 0 Å². The van der Waals surface area contributed by atoms with E-state index in [-0.39, 0.29) is 31.0 Å². The van der Waals surface area contributed by atoms with Gasteiger partial charge in [0, 0.05) is 21.2 Å². The number of rotatable bonds is 8. The van der Waals surface area contributed by atoms with E-state index in [2.05, 4.69) is 27.9 Å². The molecular formula is C24H28ClIN2O3. The van der Waals surface area contributed by atoms with Crippen LogP contribution in [0.25, 0.3) is 0 Å². The number of carbonyl (C=O) groups is 2. The van der Waals surface area contributed by atoms with E-state index in [1.165, 1.54) is 6.42 Å². The lowest BCUT2D eigenvalue weighted by molar-refractivity contribution is -0.142. The Labute approximate surface area is 202 Å². The Bertz CT molecular complexity index is 885. The van der Waals surface area contributed by atoms with Gasteiger partial charge in [-0.25, -0.2) is 0 Å². The van der Waals surface area contributed by atoms with Crippen molar-refractivity contribution in [1.82, 2.24) is 10.2 Å². The van der Waals surface area contributed by atoms with Crippen LogP contribution in [-0.2, 0) is 16.1 Å². The molecule has 3 rings (SSSR count). The molecule has 1 fully saturated rings. The van der Waals surface area contributed by atoms with E-state index in [1.807, 2.05) is 42.5 Å². The highest BCUT2D eigenvalue weighted by Crippen LogP contribution is 2.19. The summed E-state index contributed by atoms with van der Waals surface area (Å²) in [5, 5.41) is 3.73. The van der Waals surface area contributed by atoms with Crippen LogP contribution in [0.1, 0.15) is 44.6 Å². The highest BCUT2D eigenvalue weighted by Gasteiger charge is 2.28. The molecule has 7 heteroatoms. The Kier molecular flexibility index (Phi) is 9.02. The largest absolute Gasteiger partial charge is 0.484 e. The van der Waals surface area contributed by atoms with Crippen molar-refractivity contribution in [2.24, 2.45) is 0 Å². The van der Waals surface area contributed by atoms with E-state index < -0.39 is 6.04 Å². The summed E-state index contributed by atoms with van der Waals surface area (Å²) in [4.78, 5) is 27.6. The first kappa shape index (κ1) is 23.9. The van der Waals surface area contributed by atoms with Crippen molar-refractivity contribution in [3.63, 3.8) is 0 Å². The average molecular weight is 555 g/mol. The van der Waals surface area contributed by atoms with Crippen molar-refractivity contribution in [3.05, 3.63) is 62.7 Å². The summed E-state index contributed by atoms with van der Waals surface area (Å²) in [5.74, 6) is 0.247. The molecule has 1 N–H and O–H groups in total.